The van der Waals surface area contributed by atoms with E-state index in [1.807, 2.05) is 0 Å². The average molecular weight is 573 g/mol. The lowest BCUT2D eigenvalue weighted by Crippen LogP contribution is -2.30. The third kappa shape index (κ3) is 12.8. The molecule has 41 heavy (non-hydrogen) atoms. The van der Waals surface area contributed by atoms with Gasteiger partial charge in [-0.05, 0) is 98.7 Å². The minimum absolute atomic E-state index is 0.0328. The van der Waals surface area contributed by atoms with Crippen LogP contribution in [0.2, 0.25) is 0 Å². The highest BCUT2D eigenvalue weighted by atomic mass is 16.5. The molecule has 0 radical (unpaired) electrons. The van der Waals surface area contributed by atoms with Gasteiger partial charge in [0.15, 0.2) is 0 Å². The normalized spacial score (nSPS) is 29.2. The van der Waals surface area contributed by atoms with Gasteiger partial charge in [-0.1, -0.05) is 125 Å². The van der Waals surface area contributed by atoms with Crippen molar-refractivity contribution in [2.75, 3.05) is 0 Å². The number of esters is 1. The van der Waals surface area contributed by atoms with Gasteiger partial charge in [-0.3, -0.25) is 4.79 Å². The molecule has 2 saturated carbocycles. The van der Waals surface area contributed by atoms with Crippen molar-refractivity contribution in [2.24, 2.45) is 40.9 Å². The van der Waals surface area contributed by atoms with E-state index in [9.17, 15) is 4.79 Å². The molecule has 2 aliphatic rings. The van der Waals surface area contributed by atoms with Crippen LogP contribution in [0.3, 0.4) is 0 Å². The molecule has 7 atom stereocenters. The predicted octanol–water partition coefficient (Wildman–Crippen LogP) is 12.5. The minimum Gasteiger partial charge on any atom is -0.462 e. The molecule has 2 fully saturated rings. The standard InChI is InChI=1S/C39H72O2/c1-9-11-12-13-14-15-20-38(40)41-37-26-22-33(7)34(29-37)23-21-31(5)32(6)27-28-39(8)35(10-2)24-25-36(39)19-17-16-18-30(3)4/h23,30-33,35-37H,9-22,24-29H2,1-8H3/b34-23-/t31-,32?,33+,35?,36-,37-,39-/m0/s1. The fourth-order valence-corrected chi connectivity index (χ4v) is 8.15. The van der Waals surface area contributed by atoms with Gasteiger partial charge >= 0.3 is 5.97 Å². The van der Waals surface area contributed by atoms with Gasteiger partial charge in [-0.15, -0.1) is 0 Å². The molecule has 2 rings (SSSR count). The van der Waals surface area contributed by atoms with Crippen molar-refractivity contribution in [3.05, 3.63) is 11.6 Å². The monoisotopic (exact) mass is 573 g/mol. The van der Waals surface area contributed by atoms with E-state index in [4.69, 9.17) is 4.74 Å². The summed E-state index contributed by atoms with van der Waals surface area (Å²) in [5, 5.41) is 0. The van der Waals surface area contributed by atoms with E-state index < -0.39 is 0 Å². The van der Waals surface area contributed by atoms with E-state index in [1.54, 1.807) is 5.57 Å². The molecule has 2 aliphatic carbocycles. The Morgan fingerprint density at radius 3 is 2.29 bits per heavy atom. The lowest BCUT2D eigenvalue weighted by atomic mass is 9.67. The number of carbonyl (C=O) groups is 1. The summed E-state index contributed by atoms with van der Waals surface area (Å²) >= 11 is 0. The molecule has 240 valence electrons. The Labute approximate surface area is 257 Å². The molecule has 0 spiro atoms. The molecular formula is C39H72O2. The Balaban J connectivity index is 1.80. The summed E-state index contributed by atoms with van der Waals surface area (Å²) in [6, 6.07) is 0. The Bertz CT molecular complexity index is 738. The quantitative estimate of drug-likeness (QED) is 0.0823. The first-order chi connectivity index (χ1) is 19.6. The first-order valence-corrected chi connectivity index (χ1v) is 18.5. The number of allylic oxidation sites excluding steroid dienone is 1. The second-order valence-corrected chi connectivity index (χ2v) is 15.4. The van der Waals surface area contributed by atoms with Crippen LogP contribution in [0, 0.1) is 40.9 Å². The SMILES string of the molecule is CCCCCCCCC(=O)O[C@H]1CC[C@@H](C)/C(=C\C[C@H](C)C(C)CC[C@@]2(C)C(CC)CC[C@@H]2CCCCC(C)C)C1. The molecule has 0 bridgehead atoms. The fraction of sp³-hybridized carbons (Fsp3) is 0.923. The number of rotatable bonds is 20. The largest absolute Gasteiger partial charge is 0.462 e. The van der Waals surface area contributed by atoms with Gasteiger partial charge in [0.05, 0.1) is 0 Å². The number of carbonyl (C=O) groups excluding carboxylic acids is 1. The molecule has 0 aromatic heterocycles. The van der Waals surface area contributed by atoms with Crippen molar-refractivity contribution in [2.45, 2.75) is 190 Å². The molecule has 2 unspecified atom stereocenters. The zero-order valence-corrected chi connectivity index (χ0v) is 29.1. The summed E-state index contributed by atoms with van der Waals surface area (Å²) in [5.74, 6) is 4.83. The molecule has 0 saturated heterocycles. The molecule has 0 aromatic carbocycles. The molecule has 2 nitrogen and oxygen atoms in total. The van der Waals surface area contributed by atoms with Gasteiger partial charge in [0.25, 0.3) is 0 Å². The summed E-state index contributed by atoms with van der Waals surface area (Å²) in [5.41, 5.74) is 2.09. The molecule has 0 N–H and O–H groups in total. The zero-order chi connectivity index (χ0) is 30.3. The van der Waals surface area contributed by atoms with Crippen LogP contribution in [0.5, 0.6) is 0 Å². The Morgan fingerprint density at radius 1 is 0.878 bits per heavy atom. The summed E-state index contributed by atoms with van der Waals surface area (Å²) in [6.07, 6.45) is 27.6. The number of unbranched alkanes of at least 4 members (excludes halogenated alkanes) is 6. The van der Waals surface area contributed by atoms with Gasteiger partial charge in [-0.25, -0.2) is 0 Å². The third-order valence-corrected chi connectivity index (χ3v) is 11.7. The molecule has 0 amide bonds. The van der Waals surface area contributed by atoms with Crippen LogP contribution < -0.4 is 0 Å². The number of ether oxygens (including phenoxy) is 1. The second kappa shape index (κ2) is 19.5. The minimum atomic E-state index is 0.0328. The van der Waals surface area contributed by atoms with Crippen molar-refractivity contribution in [1.29, 1.82) is 0 Å². The first-order valence-electron chi connectivity index (χ1n) is 18.5. The van der Waals surface area contributed by atoms with Gasteiger partial charge in [0, 0.05) is 12.8 Å². The topological polar surface area (TPSA) is 26.3 Å². The lowest BCUT2D eigenvalue weighted by Gasteiger charge is -2.38. The van der Waals surface area contributed by atoms with E-state index in [0.29, 0.717) is 23.7 Å². The van der Waals surface area contributed by atoms with Crippen LogP contribution >= 0.6 is 0 Å². The van der Waals surface area contributed by atoms with Gasteiger partial charge in [-0.2, -0.15) is 0 Å². The molecule has 0 aliphatic heterocycles. The van der Waals surface area contributed by atoms with Crippen molar-refractivity contribution in [3.63, 3.8) is 0 Å². The average Bonchev–Trinajstić information content (AvgIpc) is 3.26. The summed E-state index contributed by atoms with van der Waals surface area (Å²) in [7, 11) is 0. The van der Waals surface area contributed by atoms with Crippen LogP contribution in [0.15, 0.2) is 11.6 Å². The van der Waals surface area contributed by atoms with E-state index >= 15 is 0 Å². The smallest absolute Gasteiger partial charge is 0.306 e. The number of hydrogen-bond acceptors (Lipinski definition) is 2. The Morgan fingerprint density at radius 2 is 1.59 bits per heavy atom. The third-order valence-electron chi connectivity index (χ3n) is 11.7. The maximum atomic E-state index is 12.5. The van der Waals surface area contributed by atoms with E-state index in [2.05, 4.69) is 61.5 Å². The van der Waals surface area contributed by atoms with Gasteiger partial charge < -0.3 is 4.74 Å². The van der Waals surface area contributed by atoms with Crippen LogP contribution in [-0.2, 0) is 9.53 Å². The summed E-state index contributed by atoms with van der Waals surface area (Å²) in [4.78, 5) is 12.5. The molecule has 0 aromatic rings. The van der Waals surface area contributed by atoms with Crippen LogP contribution in [0.1, 0.15) is 184 Å². The predicted molar refractivity (Wildman–Crippen MR) is 179 cm³/mol. The molecule has 2 heteroatoms. The van der Waals surface area contributed by atoms with Crippen LogP contribution in [0.25, 0.3) is 0 Å². The Kier molecular flexibility index (Phi) is 17.3. The maximum Gasteiger partial charge on any atom is 0.306 e. The highest BCUT2D eigenvalue weighted by molar-refractivity contribution is 5.69. The Hall–Kier alpha value is -0.790. The van der Waals surface area contributed by atoms with Crippen molar-refractivity contribution in [1.82, 2.24) is 0 Å². The molecule has 0 heterocycles. The van der Waals surface area contributed by atoms with E-state index in [-0.39, 0.29) is 12.1 Å². The van der Waals surface area contributed by atoms with Gasteiger partial charge in [0.1, 0.15) is 6.10 Å². The first kappa shape index (κ1) is 36.4. The second-order valence-electron chi connectivity index (χ2n) is 15.4. The number of hydrogen-bond donors (Lipinski definition) is 0. The van der Waals surface area contributed by atoms with Gasteiger partial charge in [0.2, 0.25) is 0 Å². The fourth-order valence-electron chi connectivity index (χ4n) is 8.15. The van der Waals surface area contributed by atoms with E-state index in [1.165, 1.54) is 89.9 Å². The van der Waals surface area contributed by atoms with E-state index in [0.717, 1.165) is 55.8 Å². The maximum absolute atomic E-state index is 12.5. The molecular weight excluding hydrogens is 500 g/mol. The summed E-state index contributed by atoms with van der Waals surface area (Å²) < 4.78 is 5.96. The van der Waals surface area contributed by atoms with Crippen LogP contribution in [-0.4, -0.2) is 12.1 Å². The highest BCUT2D eigenvalue weighted by Gasteiger charge is 2.44. The van der Waals surface area contributed by atoms with Crippen LogP contribution in [0.4, 0.5) is 0 Å². The lowest BCUT2D eigenvalue weighted by molar-refractivity contribution is -0.150. The summed E-state index contributed by atoms with van der Waals surface area (Å²) in [6.45, 7) is 19.4. The zero-order valence-electron chi connectivity index (χ0n) is 29.1. The van der Waals surface area contributed by atoms with Crippen molar-refractivity contribution < 1.29 is 9.53 Å². The van der Waals surface area contributed by atoms with Crippen molar-refractivity contribution >= 4 is 5.97 Å². The highest BCUT2D eigenvalue weighted by Crippen LogP contribution is 2.54. The van der Waals surface area contributed by atoms with Crippen molar-refractivity contribution in [3.8, 4) is 0 Å².